The van der Waals surface area contributed by atoms with Crippen LogP contribution < -0.4 is 10.5 Å². The molecule has 0 radical (unpaired) electrons. The van der Waals surface area contributed by atoms with Crippen LogP contribution in [0.3, 0.4) is 0 Å². The Hall–Kier alpha value is -1.81. The van der Waals surface area contributed by atoms with Crippen molar-refractivity contribution in [2.75, 3.05) is 5.32 Å². The van der Waals surface area contributed by atoms with E-state index in [9.17, 15) is 13.2 Å². The van der Waals surface area contributed by atoms with Crippen molar-refractivity contribution >= 4 is 68.0 Å². The Balaban J connectivity index is 1.80. The van der Waals surface area contributed by atoms with Crippen LogP contribution in [0.5, 0.6) is 0 Å². The number of carbonyl (C=O) groups is 1. The number of aromatic nitrogens is 2. The SMILES string of the molecule is NS(=O)(=O)c1cc(C(=O)Nc2cnn(Cc3ccc(Cl)cc3Cl)c2)c(Cl)cc1Cl. The minimum absolute atomic E-state index is 0.0276. The zero-order valence-corrected chi connectivity index (χ0v) is 18.2. The Morgan fingerprint density at radius 2 is 1.79 bits per heavy atom. The molecule has 3 N–H and O–H groups in total. The first-order valence-electron chi connectivity index (χ1n) is 7.84. The molecule has 152 valence electrons. The van der Waals surface area contributed by atoms with Gasteiger partial charge in [0.15, 0.2) is 0 Å². The number of rotatable bonds is 5. The van der Waals surface area contributed by atoms with Gasteiger partial charge in [0, 0.05) is 16.2 Å². The van der Waals surface area contributed by atoms with Gasteiger partial charge in [-0.1, -0.05) is 52.5 Å². The highest BCUT2D eigenvalue weighted by Crippen LogP contribution is 2.28. The maximum Gasteiger partial charge on any atom is 0.257 e. The molecule has 3 rings (SSSR count). The van der Waals surface area contributed by atoms with Gasteiger partial charge in [-0.15, -0.1) is 0 Å². The zero-order valence-electron chi connectivity index (χ0n) is 14.4. The van der Waals surface area contributed by atoms with E-state index in [-0.39, 0.29) is 15.6 Å². The van der Waals surface area contributed by atoms with E-state index >= 15 is 0 Å². The second kappa shape index (κ2) is 8.51. The van der Waals surface area contributed by atoms with Crippen molar-refractivity contribution in [3.05, 3.63) is 73.9 Å². The molecule has 0 aliphatic carbocycles. The van der Waals surface area contributed by atoms with Crippen molar-refractivity contribution in [1.82, 2.24) is 9.78 Å². The lowest BCUT2D eigenvalue weighted by Gasteiger charge is -2.08. The normalized spacial score (nSPS) is 11.5. The molecular weight excluding hydrogens is 482 g/mol. The fourth-order valence-electron chi connectivity index (χ4n) is 2.46. The number of amides is 1. The van der Waals surface area contributed by atoms with E-state index in [4.69, 9.17) is 51.5 Å². The molecule has 0 bridgehead atoms. The van der Waals surface area contributed by atoms with Gasteiger partial charge >= 0.3 is 0 Å². The van der Waals surface area contributed by atoms with Crippen LogP contribution in [-0.4, -0.2) is 24.1 Å². The highest BCUT2D eigenvalue weighted by molar-refractivity contribution is 7.89. The molecule has 0 unspecified atom stereocenters. The van der Waals surface area contributed by atoms with Gasteiger partial charge in [0.25, 0.3) is 5.91 Å². The summed E-state index contributed by atoms with van der Waals surface area (Å²) in [6.07, 6.45) is 3.00. The van der Waals surface area contributed by atoms with Crippen molar-refractivity contribution in [3.63, 3.8) is 0 Å². The molecule has 12 heteroatoms. The van der Waals surface area contributed by atoms with E-state index in [1.807, 2.05) is 0 Å². The average molecular weight is 494 g/mol. The predicted octanol–water partition coefficient (Wildman–Crippen LogP) is 4.44. The van der Waals surface area contributed by atoms with Gasteiger partial charge in [-0.05, 0) is 29.8 Å². The third kappa shape index (κ3) is 5.22. The van der Waals surface area contributed by atoms with Crippen LogP contribution in [0, 0.1) is 0 Å². The zero-order chi connectivity index (χ0) is 21.3. The van der Waals surface area contributed by atoms with Gasteiger partial charge in [0.05, 0.1) is 34.0 Å². The Kier molecular flexibility index (Phi) is 6.42. The number of halogens is 4. The van der Waals surface area contributed by atoms with Crippen molar-refractivity contribution in [2.45, 2.75) is 11.4 Å². The molecule has 1 amide bonds. The average Bonchev–Trinajstić information content (AvgIpc) is 3.03. The highest BCUT2D eigenvalue weighted by Gasteiger charge is 2.20. The van der Waals surface area contributed by atoms with Crippen molar-refractivity contribution in [3.8, 4) is 0 Å². The van der Waals surface area contributed by atoms with Gasteiger partial charge in [0.1, 0.15) is 4.90 Å². The van der Waals surface area contributed by atoms with E-state index < -0.39 is 20.8 Å². The lowest BCUT2D eigenvalue weighted by atomic mass is 10.2. The lowest BCUT2D eigenvalue weighted by molar-refractivity contribution is 0.102. The smallest absolute Gasteiger partial charge is 0.257 e. The second-order valence-corrected chi connectivity index (χ2v) is 9.11. The minimum atomic E-state index is -4.13. The topological polar surface area (TPSA) is 107 Å². The lowest BCUT2D eigenvalue weighted by Crippen LogP contribution is -2.16. The van der Waals surface area contributed by atoms with Gasteiger partial charge in [-0.3, -0.25) is 9.48 Å². The minimum Gasteiger partial charge on any atom is -0.319 e. The van der Waals surface area contributed by atoms with E-state index in [1.54, 1.807) is 29.1 Å². The number of anilines is 1. The number of nitrogens with zero attached hydrogens (tertiary/aromatic N) is 2. The summed E-state index contributed by atoms with van der Waals surface area (Å²) < 4.78 is 24.8. The molecule has 1 aromatic heterocycles. The van der Waals surface area contributed by atoms with Crippen LogP contribution in [0.25, 0.3) is 0 Å². The van der Waals surface area contributed by atoms with Crippen molar-refractivity contribution in [2.24, 2.45) is 5.14 Å². The molecule has 0 aliphatic rings. The summed E-state index contributed by atoms with van der Waals surface area (Å²) in [5.41, 5.74) is 1.05. The summed E-state index contributed by atoms with van der Waals surface area (Å²) in [5.74, 6) is -0.652. The third-order valence-electron chi connectivity index (χ3n) is 3.81. The second-order valence-electron chi connectivity index (χ2n) is 5.92. The first-order valence-corrected chi connectivity index (χ1v) is 10.9. The number of primary sulfonamides is 1. The summed E-state index contributed by atoms with van der Waals surface area (Å²) in [7, 11) is -4.13. The Labute approximate surface area is 186 Å². The van der Waals surface area contributed by atoms with E-state index in [2.05, 4.69) is 10.4 Å². The molecule has 7 nitrogen and oxygen atoms in total. The number of nitrogens with one attached hydrogen (secondary N) is 1. The Bertz CT molecular complexity index is 1210. The highest BCUT2D eigenvalue weighted by atomic mass is 35.5. The monoisotopic (exact) mass is 492 g/mol. The maximum absolute atomic E-state index is 12.5. The van der Waals surface area contributed by atoms with Crippen molar-refractivity contribution < 1.29 is 13.2 Å². The fraction of sp³-hybridized carbons (Fsp3) is 0.0588. The summed E-state index contributed by atoms with van der Waals surface area (Å²) in [6.45, 7) is 0.350. The molecule has 0 aliphatic heterocycles. The van der Waals surface area contributed by atoms with Gasteiger partial charge < -0.3 is 5.32 Å². The number of sulfonamides is 1. The fourth-order valence-corrected chi connectivity index (χ4v) is 4.33. The largest absolute Gasteiger partial charge is 0.319 e. The van der Waals surface area contributed by atoms with E-state index in [0.29, 0.717) is 22.3 Å². The summed E-state index contributed by atoms with van der Waals surface area (Å²) in [4.78, 5) is 12.1. The molecule has 0 atom stereocenters. The van der Waals surface area contributed by atoms with Crippen molar-refractivity contribution in [1.29, 1.82) is 0 Å². The Morgan fingerprint density at radius 1 is 1.07 bits per heavy atom. The van der Waals surface area contributed by atoms with Crippen LogP contribution >= 0.6 is 46.4 Å². The van der Waals surface area contributed by atoms with E-state index in [1.165, 1.54) is 6.20 Å². The molecule has 29 heavy (non-hydrogen) atoms. The maximum atomic E-state index is 12.5. The first-order chi connectivity index (χ1) is 13.5. The number of hydrogen-bond donors (Lipinski definition) is 2. The standard InChI is InChI=1S/C17H12Cl4N4O3S/c18-10-2-1-9(13(19)3-10)7-25-8-11(6-23-25)24-17(26)12-4-16(29(22,27)28)15(21)5-14(12)20/h1-6,8H,7H2,(H,24,26)(H2,22,27,28). The molecule has 3 aromatic rings. The molecule has 0 spiro atoms. The van der Waals surface area contributed by atoms with E-state index in [0.717, 1.165) is 17.7 Å². The quantitative estimate of drug-likeness (QED) is 0.547. The summed E-state index contributed by atoms with van der Waals surface area (Å²) in [5, 5.41) is 12.7. The van der Waals surface area contributed by atoms with Crippen LogP contribution in [0.4, 0.5) is 5.69 Å². The van der Waals surface area contributed by atoms with Crippen LogP contribution in [0.2, 0.25) is 20.1 Å². The molecule has 2 aromatic carbocycles. The van der Waals surface area contributed by atoms with Crippen LogP contribution in [0.1, 0.15) is 15.9 Å². The van der Waals surface area contributed by atoms with Gasteiger partial charge in [-0.25, -0.2) is 13.6 Å². The Morgan fingerprint density at radius 3 is 2.45 bits per heavy atom. The van der Waals surface area contributed by atoms with Gasteiger partial charge in [0.2, 0.25) is 10.0 Å². The summed E-state index contributed by atoms with van der Waals surface area (Å²) >= 11 is 23.9. The number of nitrogens with two attached hydrogens (primary N) is 1. The first kappa shape index (κ1) is 21.9. The third-order valence-corrected chi connectivity index (χ3v) is 6.09. The molecule has 0 saturated carbocycles. The predicted molar refractivity (Wildman–Crippen MR) is 114 cm³/mol. The molecule has 0 saturated heterocycles. The number of carbonyl (C=O) groups excluding carboxylic acids is 1. The van der Waals surface area contributed by atoms with Gasteiger partial charge in [-0.2, -0.15) is 5.10 Å². The molecule has 0 fully saturated rings. The number of benzene rings is 2. The molecule has 1 heterocycles. The summed E-state index contributed by atoms with van der Waals surface area (Å²) in [6, 6.07) is 7.26. The number of hydrogen-bond acceptors (Lipinski definition) is 4. The van der Waals surface area contributed by atoms with Crippen LogP contribution in [0.15, 0.2) is 47.6 Å². The molecular formula is C17H12Cl4N4O3S. The van der Waals surface area contributed by atoms with Crippen LogP contribution in [-0.2, 0) is 16.6 Å².